The standard InChI is InChI=1S/C15H13ClN2O/c16-12-4-1-5-13-14(12)18(9-11-3-2-8-19-11)15(17-13)10-6-7-10/h1-5,8,10H,6-7,9H2. The number of fused-ring (bicyclic) bond motifs is 1. The maximum atomic E-state index is 6.35. The second-order valence-corrected chi connectivity index (χ2v) is 5.42. The third-order valence-electron chi connectivity index (χ3n) is 3.58. The Morgan fingerprint density at radius 3 is 2.89 bits per heavy atom. The van der Waals surface area contributed by atoms with Crippen molar-refractivity contribution >= 4 is 22.6 Å². The van der Waals surface area contributed by atoms with Gasteiger partial charge in [-0.05, 0) is 37.1 Å². The molecule has 96 valence electrons. The Labute approximate surface area is 115 Å². The lowest BCUT2D eigenvalue weighted by Crippen LogP contribution is -2.03. The van der Waals surface area contributed by atoms with E-state index in [2.05, 4.69) is 4.57 Å². The third-order valence-corrected chi connectivity index (χ3v) is 3.89. The molecular weight excluding hydrogens is 260 g/mol. The molecule has 2 heterocycles. The first kappa shape index (κ1) is 11.1. The Morgan fingerprint density at radius 2 is 2.16 bits per heavy atom. The molecule has 0 bridgehead atoms. The Hall–Kier alpha value is -1.74. The van der Waals surface area contributed by atoms with Gasteiger partial charge in [0.2, 0.25) is 0 Å². The van der Waals surface area contributed by atoms with E-state index in [0.717, 1.165) is 27.6 Å². The Bertz CT molecular complexity index is 726. The average molecular weight is 273 g/mol. The molecule has 1 aliphatic carbocycles. The molecule has 0 aliphatic heterocycles. The Kier molecular flexibility index (Phi) is 2.42. The van der Waals surface area contributed by atoms with Crippen LogP contribution in [0.25, 0.3) is 11.0 Å². The van der Waals surface area contributed by atoms with Crippen molar-refractivity contribution in [2.24, 2.45) is 0 Å². The highest BCUT2D eigenvalue weighted by Gasteiger charge is 2.30. The first-order chi connectivity index (χ1) is 9.33. The van der Waals surface area contributed by atoms with Crippen molar-refractivity contribution in [3.8, 4) is 0 Å². The third kappa shape index (κ3) is 1.85. The van der Waals surface area contributed by atoms with Gasteiger partial charge in [0.15, 0.2) is 0 Å². The van der Waals surface area contributed by atoms with E-state index in [4.69, 9.17) is 21.0 Å². The molecular formula is C15H13ClN2O. The predicted octanol–water partition coefficient (Wildman–Crippen LogP) is 4.21. The summed E-state index contributed by atoms with van der Waals surface area (Å²) in [7, 11) is 0. The van der Waals surface area contributed by atoms with E-state index in [-0.39, 0.29) is 0 Å². The number of nitrogens with zero attached hydrogens (tertiary/aromatic N) is 2. The normalized spacial score (nSPS) is 15.2. The molecule has 0 amide bonds. The smallest absolute Gasteiger partial charge is 0.123 e. The summed E-state index contributed by atoms with van der Waals surface area (Å²) in [6.45, 7) is 0.694. The monoisotopic (exact) mass is 272 g/mol. The van der Waals surface area contributed by atoms with Gasteiger partial charge in [0, 0.05) is 5.92 Å². The van der Waals surface area contributed by atoms with Crippen molar-refractivity contribution in [1.82, 2.24) is 9.55 Å². The van der Waals surface area contributed by atoms with Gasteiger partial charge in [0.1, 0.15) is 11.6 Å². The van der Waals surface area contributed by atoms with Gasteiger partial charge >= 0.3 is 0 Å². The summed E-state index contributed by atoms with van der Waals surface area (Å²) in [5.74, 6) is 2.65. The molecule has 2 aromatic heterocycles. The Balaban J connectivity index is 1.92. The summed E-state index contributed by atoms with van der Waals surface area (Å²) in [4.78, 5) is 4.75. The van der Waals surface area contributed by atoms with Gasteiger partial charge < -0.3 is 8.98 Å². The van der Waals surface area contributed by atoms with Gasteiger partial charge in [-0.3, -0.25) is 0 Å². The maximum absolute atomic E-state index is 6.35. The van der Waals surface area contributed by atoms with Crippen LogP contribution in [0.5, 0.6) is 0 Å². The molecule has 0 spiro atoms. The summed E-state index contributed by atoms with van der Waals surface area (Å²) in [5.41, 5.74) is 1.99. The zero-order chi connectivity index (χ0) is 12.8. The molecule has 4 heteroatoms. The Morgan fingerprint density at radius 1 is 1.26 bits per heavy atom. The minimum atomic E-state index is 0.582. The van der Waals surface area contributed by atoms with Crippen LogP contribution in [0, 0.1) is 0 Å². The summed E-state index contributed by atoms with van der Waals surface area (Å²) >= 11 is 6.35. The number of aromatic nitrogens is 2. The molecule has 0 atom stereocenters. The molecule has 0 radical (unpaired) electrons. The van der Waals surface area contributed by atoms with Crippen LogP contribution in [-0.4, -0.2) is 9.55 Å². The summed E-state index contributed by atoms with van der Waals surface area (Å²) < 4.78 is 7.66. The van der Waals surface area contributed by atoms with Crippen molar-refractivity contribution in [1.29, 1.82) is 0 Å². The van der Waals surface area contributed by atoms with Crippen molar-refractivity contribution < 1.29 is 4.42 Å². The van der Waals surface area contributed by atoms with E-state index in [9.17, 15) is 0 Å². The topological polar surface area (TPSA) is 31.0 Å². The molecule has 0 N–H and O–H groups in total. The van der Waals surface area contributed by atoms with Crippen LogP contribution >= 0.6 is 11.6 Å². The molecule has 1 saturated carbocycles. The second-order valence-electron chi connectivity index (χ2n) is 5.02. The van der Waals surface area contributed by atoms with Gasteiger partial charge in [-0.25, -0.2) is 4.98 Å². The van der Waals surface area contributed by atoms with Crippen molar-refractivity contribution in [3.05, 3.63) is 53.2 Å². The highest BCUT2D eigenvalue weighted by molar-refractivity contribution is 6.35. The van der Waals surface area contributed by atoms with E-state index in [1.54, 1.807) is 6.26 Å². The summed E-state index contributed by atoms with van der Waals surface area (Å²) in [6.07, 6.45) is 4.14. The van der Waals surface area contributed by atoms with Crippen molar-refractivity contribution in [2.75, 3.05) is 0 Å². The van der Waals surface area contributed by atoms with Crippen LogP contribution in [0.2, 0.25) is 5.02 Å². The van der Waals surface area contributed by atoms with Gasteiger partial charge in [-0.1, -0.05) is 17.7 Å². The van der Waals surface area contributed by atoms with Gasteiger partial charge in [-0.15, -0.1) is 0 Å². The van der Waals surface area contributed by atoms with Gasteiger partial charge in [0.25, 0.3) is 0 Å². The van der Waals surface area contributed by atoms with E-state index in [1.165, 1.54) is 12.8 Å². The molecule has 3 aromatic rings. The zero-order valence-corrected chi connectivity index (χ0v) is 11.1. The SMILES string of the molecule is Clc1cccc2nc(C3CC3)n(Cc3ccco3)c12. The van der Waals surface area contributed by atoms with Crippen LogP contribution in [0.4, 0.5) is 0 Å². The minimum absolute atomic E-state index is 0.582. The molecule has 3 nitrogen and oxygen atoms in total. The number of hydrogen-bond acceptors (Lipinski definition) is 2. The van der Waals surface area contributed by atoms with Crippen LogP contribution < -0.4 is 0 Å². The highest BCUT2D eigenvalue weighted by Crippen LogP contribution is 2.41. The number of rotatable bonds is 3. The van der Waals surface area contributed by atoms with Crippen LogP contribution in [0.1, 0.15) is 30.3 Å². The molecule has 19 heavy (non-hydrogen) atoms. The molecule has 0 saturated heterocycles. The maximum Gasteiger partial charge on any atom is 0.123 e. The van der Waals surface area contributed by atoms with Crippen molar-refractivity contribution in [2.45, 2.75) is 25.3 Å². The van der Waals surface area contributed by atoms with Gasteiger partial charge in [-0.2, -0.15) is 0 Å². The van der Waals surface area contributed by atoms with E-state index in [1.807, 2.05) is 30.3 Å². The molecule has 1 fully saturated rings. The first-order valence-corrected chi connectivity index (χ1v) is 6.88. The fourth-order valence-electron chi connectivity index (χ4n) is 2.53. The lowest BCUT2D eigenvalue weighted by molar-refractivity contribution is 0.492. The molecule has 0 unspecified atom stereocenters. The van der Waals surface area contributed by atoms with E-state index >= 15 is 0 Å². The minimum Gasteiger partial charge on any atom is -0.467 e. The fourth-order valence-corrected chi connectivity index (χ4v) is 2.80. The van der Waals surface area contributed by atoms with Crippen LogP contribution in [0.15, 0.2) is 41.0 Å². The van der Waals surface area contributed by atoms with E-state index in [0.29, 0.717) is 12.5 Å². The van der Waals surface area contributed by atoms with E-state index < -0.39 is 0 Å². The van der Waals surface area contributed by atoms with Crippen LogP contribution in [0.3, 0.4) is 0 Å². The largest absolute Gasteiger partial charge is 0.467 e. The highest BCUT2D eigenvalue weighted by atomic mass is 35.5. The quantitative estimate of drug-likeness (QED) is 0.715. The lowest BCUT2D eigenvalue weighted by atomic mass is 10.3. The average Bonchev–Trinajstić information content (AvgIpc) is 2.99. The summed E-state index contributed by atoms with van der Waals surface area (Å²) in [6, 6.07) is 9.78. The number of halogens is 1. The number of benzene rings is 1. The number of para-hydroxylation sites is 1. The lowest BCUT2D eigenvalue weighted by Gasteiger charge is -2.07. The zero-order valence-electron chi connectivity index (χ0n) is 10.3. The van der Waals surface area contributed by atoms with Crippen molar-refractivity contribution in [3.63, 3.8) is 0 Å². The number of furan rings is 1. The second kappa shape index (κ2) is 4.14. The number of hydrogen-bond donors (Lipinski definition) is 0. The van der Waals surface area contributed by atoms with Gasteiger partial charge in [0.05, 0.1) is 28.9 Å². The van der Waals surface area contributed by atoms with Crippen LogP contribution in [-0.2, 0) is 6.54 Å². The molecule has 1 aromatic carbocycles. The summed E-state index contributed by atoms with van der Waals surface area (Å²) in [5, 5.41) is 0.753. The molecule has 1 aliphatic rings. The fraction of sp³-hybridized carbons (Fsp3) is 0.267. The predicted molar refractivity (Wildman–Crippen MR) is 74.5 cm³/mol. The first-order valence-electron chi connectivity index (χ1n) is 6.50. The molecule has 4 rings (SSSR count). The number of imidazole rings is 1.